The lowest BCUT2D eigenvalue weighted by atomic mass is 9.87. The van der Waals surface area contributed by atoms with E-state index in [1.165, 1.54) is 0 Å². The standard InChI is InChI=1S/C24H31NO5.C4H8/c1-4-7-22-25-21(17(3)30-22)15-28-13-18-9-6-11-20(12-18)29-14-19-10-5-8-16(2)23(19)24(26)27;1-3-4-2/h4-5,7-8,10,18,20H,6,9,11-15H2,1-3H3,(H,26,27);3-4H,1-2H3/b7-4+;4-3-. The van der Waals surface area contributed by atoms with Crippen molar-refractivity contribution >= 4 is 12.0 Å². The van der Waals surface area contributed by atoms with Crippen molar-refractivity contribution in [2.75, 3.05) is 6.61 Å². The summed E-state index contributed by atoms with van der Waals surface area (Å²) in [4.78, 5) is 16.0. The van der Waals surface area contributed by atoms with Crippen LogP contribution in [0.4, 0.5) is 0 Å². The summed E-state index contributed by atoms with van der Waals surface area (Å²) in [6.45, 7) is 11.1. The number of allylic oxidation sites excluding steroid dienone is 3. The second kappa shape index (κ2) is 14.5. The van der Waals surface area contributed by atoms with E-state index < -0.39 is 5.97 Å². The van der Waals surface area contributed by atoms with Gasteiger partial charge in [0.15, 0.2) is 0 Å². The summed E-state index contributed by atoms with van der Waals surface area (Å²) < 4.78 is 17.6. The Hall–Kier alpha value is -2.70. The SMILES string of the molecule is C/C=C/c1nc(COCC2CCCC(OCc3cccc(C)c3C(=O)O)C2)c(C)o1.C/C=C\C. The van der Waals surface area contributed by atoms with E-state index in [4.69, 9.17) is 13.9 Å². The number of hydrogen-bond donors (Lipinski definition) is 1. The summed E-state index contributed by atoms with van der Waals surface area (Å²) in [5.41, 5.74) is 2.69. The molecule has 1 aliphatic carbocycles. The smallest absolute Gasteiger partial charge is 0.336 e. The maximum absolute atomic E-state index is 11.6. The van der Waals surface area contributed by atoms with Gasteiger partial charge >= 0.3 is 5.97 Å². The maximum atomic E-state index is 11.6. The Kier molecular flexibility index (Phi) is 11.8. The van der Waals surface area contributed by atoms with Gasteiger partial charge in [0.1, 0.15) is 11.5 Å². The third kappa shape index (κ3) is 8.58. The average Bonchev–Trinajstić information content (AvgIpc) is 3.17. The molecular formula is C28H39NO5. The number of aromatic carboxylic acids is 1. The fourth-order valence-corrected chi connectivity index (χ4v) is 4.03. The van der Waals surface area contributed by atoms with E-state index in [1.807, 2.05) is 77.1 Å². The minimum absolute atomic E-state index is 0.129. The highest BCUT2D eigenvalue weighted by atomic mass is 16.5. The summed E-state index contributed by atoms with van der Waals surface area (Å²) in [5, 5.41) is 9.48. The number of rotatable bonds is 9. The van der Waals surface area contributed by atoms with Crippen molar-refractivity contribution < 1.29 is 23.8 Å². The van der Waals surface area contributed by atoms with Crippen LogP contribution in [0.2, 0.25) is 0 Å². The maximum Gasteiger partial charge on any atom is 0.336 e. The van der Waals surface area contributed by atoms with Crippen molar-refractivity contribution in [1.29, 1.82) is 0 Å². The molecule has 1 aromatic carbocycles. The molecule has 2 unspecified atom stereocenters. The van der Waals surface area contributed by atoms with Crippen molar-refractivity contribution in [2.24, 2.45) is 5.92 Å². The minimum Gasteiger partial charge on any atom is -0.478 e. The van der Waals surface area contributed by atoms with Gasteiger partial charge in [-0.15, -0.1) is 0 Å². The fourth-order valence-electron chi connectivity index (χ4n) is 4.03. The second-order valence-electron chi connectivity index (χ2n) is 8.62. The molecule has 0 amide bonds. The Labute approximate surface area is 203 Å². The van der Waals surface area contributed by atoms with Crippen LogP contribution in [0.5, 0.6) is 0 Å². The lowest BCUT2D eigenvalue weighted by Crippen LogP contribution is -2.26. The van der Waals surface area contributed by atoms with E-state index in [2.05, 4.69) is 4.98 Å². The quantitative estimate of drug-likeness (QED) is 0.402. The molecular weight excluding hydrogens is 430 g/mol. The van der Waals surface area contributed by atoms with E-state index >= 15 is 0 Å². The molecule has 1 saturated carbocycles. The molecule has 1 heterocycles. The van der Waals surface area contributed by atoms with Crippen LogP contribution in [0, 0.1) is 19.8 Å². The first-order chi connectivity index (χ1) is 16.4. The third-order valence-corrected chi connectivity index (χ3v) is 5.93. The first-order valence-corrected chi connectivity index (χ1v) is 12.1. The number of carbonyl (C=O) groups is 1. The molecule has 2 atom stereocenters. The summed E-state index contributed by atoms with van der Waals surface area (Å²) in [6.07, 6.45) is 12.0. The van der Waals surface area contributed by atoms with Crippen molar-refractivity contribution in [1.82, 2.24) is 4.98 Å². The molecule has 6 heteroatoms. The monoisotopic (exact) mass is 469 g/mol. The number of hydrogen-bond acceptors (Lipinski definition) is 5. The van der Waals surface area contributed by atoms with Gasteiger partial charge < -0.3 is 19.0 Å². The van der Waals surface area contributed by atoms with Crippen molar-refractivity contribution in [2.45, 2.75) is 79.6 Å². The van der Waals surface area contributed by atoms with E-state index in [0.717, 1.165) is 48.3 Å². The van der Waals surface area contributed by atoms with Gasteiger partial charge in [-0.2, -0.15) is 0 Å². The average molecular weight is 470 g/mol. The largest absolute Gasteiger partial charge is 0.478 e. The van der Waals surface area contributed by atoms with Crippen LogP contribution in [0.15, 0.2) is 40.8 Å². The number of carboxylic acid groups (broad SMARTS) is 1. The molecule has 1 N–H and O–H groups in total. The first-order valence-electron chi connectivity index (χ1n) is 12.1. The highest BCUT2D eigenvalue weighted by Crippen LogP contribution is 2.28. The molecule has 2 aromatic rings. The molecule has 0 spiro atoms. The predicted octanol–water partition coefficient (Wildman–Crippen LogP) is 6.90. The summed E-state index contributed by atoms with van der Waals surface area (Å²) in [5.74, 6) is 0.932. The molecule has 1 aliphatic rings. The number of aryl methyl sites for hydroxylation is 2. The first kappa shape index (κ1) is 27.5. The number of nitrogens with zero attached hydrogens (tertiary/aromatic N) is 1. The van der Waals surface area contributed by atoms with Crippen LogP contribution in [0.1, 0.15) is 85.3 Å². The topological polar surface area (TPSA) is 81.8 Å². The van der Waals surface area contributed by atoms with Gasteiger partial charge in [-0.25, -0.2) is 9.78 Å². The van der Waals surface area contributed by atoms with Crippen LogP contribution >= 0.6 is 0 Å². The van der Waals surface area contributed by atoms with E-state index in [9.17, 15) is 9.90 Å². The number of oxazole rings is 1. The number of aromatic nitrogens is 1. The Morgan fingerprint density at radius 1 is 1.15 bits per heavy atom. The number of ether oxygens (including phenoxy) is 2. The molecule has 0 saturated heterocycles. The zero-order valence-corrected chi connectivity index (χ0v) is 21.2. The molecule has 3 rings (SSSR count). The van der Waals surface area contributed by atoms with Crippen LogP contribution in [0.25, 0.3) is 6.08 Å². The summed E-state index contributed by atoms with van der Waals surface area (Å²) in [7, 11) is 0. The van der Waals surface area contributed by atoms with E-state index in [-0.39, 0.29) is 6.10 Å². The van der Waals surface area contributed by atoms with Crippen LogP contribution < -0.4 is 0 Å². The summed E-state index contributed by atoms with van der Waals surface area (Å²) in [6, 6.07) is 5.53. The van der Waals surface area contributed by atoms with Crippen LogP contribution in [0.3, 0.4) is 0 Å². The zero-order valence-electron chi connectivity index (χ0n) is 21.2. The normalized spacial score (nSPS) is 18.3. The van der Waals surface area contributed by atoms with Crippen LogP contribution in [-0.2, 0) is 22.7 Å². The van der Waals surface area contributed by atoms with Crippen molar-refractivity contribution in [3.8, 4) is 0 Å². The molecule has 6 nitrogen and oxygen atoms in total. The molecule has 1 aromatic heterocycles. The Morgan fingerprint density at radius 3 is 2.59 bits per heavy atom. The van der Waals surface area contributed by atoms with Gasteiger partial charge in [0.05, 0.1) is 31.5 Å². The number of carboxylic acids is 1. The molecule has 1 fully saturated rings. The predicted molar refractivity (Wildman–Crippen MR) is 135 cm³/mol. The van der Waals surface area contributed by atoms with Crippen molar-refractivity contribution in [3.05, 3.63) is 70.5 Å². The lowest BCUT2D eigenvalue weighted by molar-refractivity contribution is -0.0183. The molecule has 186 valence electrons. The molecule has 34 heavy (non-hydrogen) atoms. The van der Waals surface area contributed by atoms with Gasteiger partial charge in [0.25, 0.3) is 0 Å². The van der Waals surface area contributed by atoms with E-state index in [0.29, 0.717) is 37.2 Å². The summed E-state index contributed by atoms with van der Waals surface area (Å²) >= 11 is 0. The highest BCUT2D eigenvalue weighted by Gasteiger charge is 2.24. The molecule has 0 aliphatic heterocycles. The third-order valence-electron chi connectivity index (χ3n) is 5.93. The van der Waals surface area contributed by atoms with Gasteiger partial charge in [-0.3, -0.25) is 0 Å². The van der Waals surface area contributed by atoms with Gasteiger partial charge in [-0.05, 0) is 77.0 Å². The molecule has 0 bridgehead atoms. The Morgan fingerprint density at radius 2 is 1.91 bits per heavy atom. The number of benzene rings is 1. The van der Waals surface area contributed by atoms with Gasteiger partial charge in [0, 0.05) is 0 Å². The highest BCUT2D eigenvalue weighted by molar-refractivity contribution is 5.91. The van der Waals surface area contributed by atoms with Gasteiger partial charge in [-0.1, -0.05) is 42.8 Å². The zero-order chi connectivity index (χ0) is 24.9. The van der Waals surface area contributed by atoms with Crippen LogP contribution in [-0.4, -0.2) is 28.8 Å². The molecule has 0 radical (unpaired) electrons. The van der Waals surface area contributed by atoms with Gasteiger partial charge in [0.2, 0.25) is 5.89 Å². The van der Waals surface area contributed by atoms with Crippen molar-refractivity contribution in [3.63, 3.8) is 0 Å². The lowest BCUT2D eigenvalue weighted by Gasteiger charge is -2.29. The Bertz CT molecular complexity index is 956. The fraction of sp³-hybridized carbons (Fsp3) is 0.500. The second-order valence-corrected chi connectivity index (χ2v) is 8.62. The minimum atomic E-state index is -0.901. The Balaban J connectivity index is 0.000000945. The van der Waals surface area contributed by atoms with E-state index in [1.54, 1.807) is 0 Å².